The average molecular weight is 349 g/mol. The first-order valence-electron chi connectivity index (χ1n) is 3.45. The molecule has 1 aromatic rings. The van der Waals surface area contributed by atoms with Crippen molar-refractivity contribution in [2.24, 2.45) is 0 Å². The van der Waals surface area contributed by atoms with Crippen molar-refractivity contribution in [2.75, 3.05) is 5.75 Å². The van der Waals surface area contributed by atoms with Crippen LogP contribution in [0.1, 0.15) is 0 Å². The summed E-state index contributed by atoms with van der Waals surface area (Å²) >= 11 is 7.06. The highest BCUT2D eigenvalue weighted by Crippen LogP contribution is 2.30. The molecule has 0 nitrogen and oxygen atoms in total. The largest absolute Gasteiger partial charge is 0.398 e. The first-order chi connectivity index (χ1) is 6.37. The van der Waals surface area contributed by atoms with Gasteiger partial charge in [0, 0.05) is 19.9 Å². The van der Waals surface area contributed by atoms with Crippen LogP contribution in [0.3, 0.4) is 0 Å². The second-order valence-electron chi connectivity index (χ2n) is 2.42. The van der Waals surface area contributed by atoms with Crippen molar-refractivity contribution in [3.8, 4) is 0 Å². The SMILES string of the molecule is FC(F)(F)CSc1cc(Br)[c]c(Br)c1. The first-order valence-corrected chi connectivity index (χ1v) is 6.02. The van der Waals surface area contributed by atoms with Gasteiger partial charge in [0.1, 0.15) is 0 Å². The summed E-state index contributed by atoms with van der Waals surface area (Å²) in [6.07, 6.45) is -4.14. The molecule has 0 bridgehead atoms. The molecule has 1 aromatic carbocycles. The van der Waals surface area contributed by atoms with E-state index < -0.39 is 11.9 Å². The normalized spacial score (nSPS) is 11.8. The van der Waals surface area contributed by atoms with Gasteiger partial charge in [0.15, 0.2) is 0 Å². The highest BCUT2D eigenvalue weighted by molar-refractivity contribution is 9.11. The molecule has 0 unspecified atom stereocenters. The Morgan fingerprint density at radius 3 is 2.14 bits per heavy atom. The Labute approximate surface area is 101 Å². The number of benzene rings is 1. The van der Waals surface area contributed by atoms with Crippen molar-refractivity contribution in [3.63, 3.8) is 0 Å². The molecule has 0 heterocycles. The maximum Gasteiger partial charge on any atom is 0.398 e. The molecule has 0 aromatic heterocycles. The van der Waals surface area contributed by atoms with E-state index in [0.717, 1.165) is 11.8 Å². The molecule has 0 aliphatic carbocycles. The second-order valence-corrected chi connectivity index (χ2v) is 5.17. The number of hydrogen-bond donors (Lipinski definition) is 0. The van der Waals surface area contributed by atoms with Gasteiger partial charge in [-0.2, -0.15) is 13.2 Å². The van der Waals surface area contributed by atoms with Crippen LogP contribution < -0.4 is 0 Å². The molecule has 77 valence electrons. The lowest BCUT2D eigenvalue weighted by Crippen LogP contribution is -2.10. The Kier molecular flexibility index (Phi) is 4.33. The summed E-state index contributed by atoms with van der Waals surface area (Å²) in [6, 6.07) is 6.04. The van der Waals surface area contributed by atoms with Crippen molar-refractivity contribution in [1.82, 2.24) is 0 Å². The highest BCUT2D eigenvalue weighted by atomic mass is 79.9. The lowest BCUT2D eigenvalue weighted by Gasteiger charge is -2.06. The molecule has 0 amide bonds. The third-order valence-corrected chi connectivity index (χ3v) is 3.07. The van der Waals surface area contributed by atoms with Crippen LogP contribution in [0.25, 0.3) is 0 Å². The molecule has 0 fully saturated rings. The Hall–Kier alpha value is 0.320. The molecular weight excluding hydrogens is 345 g/mol. The van der Waals surface area contributed by atoms with Gasteiger partial charge in [-0.1, -0.05) is 31.9 Å². The number of alkyl halides is 3. The predicted octanol–water partition coefficient (Wildman–Crippen LogP) is 4.67. The van der Waals surface area contributed by atoms with Gasteiger partial charge in [-0.15, -0.1) is 11.8 Å². The van der Waals surface area contributed by atoms with Crippen molar-refractivity contribution < 1.29 is 13.2 Å². The fourth-order valence-corrected chi connectivity index (χ4v) is 2.95. The van der Waals surface area contributed by atoms with E-state index in [4.69, 9.17) is 0 Å². The fraction of sp³-hybridized carbons (Fsp3) is 0.250. The molecule has 6 heteroatoms. The molecule has 0 aliphatic heterocycles. The molecule has 14 heavy (non-hydrogen) atoms. The van der Waals surface area contributed by atoms with Gasteiger partial charge in [0.05, 0.1) is 5.75 Å². The molecule has 0 N–H and O–H groups in total. The predicted molar refractivity (Wildman–Crippen MR) is 57.5 cm³/mol. The van der Waals surface area contributed by atoms with Crippen LogP contribution in [0.4, 0.5) is 13.2 Å². The maximum atomic E-state index is 11.9. The van der Waals surface area contributed by atoms with E-state index in [1.807, 2.05) is 0 Å². The van der Waals surface area contributed by atoms with Crippen molar-refractivity contribution >= 4 is 43.6 Å². The van der Waals surface area contributed by atoms with Gasteiger partial charge < -0.3 is 0 Å². The Morgan fingerprint density at radius 1 is 1.21 bits per heavy atom. The number of halogens is 5. The van der Waals surface area contributed by atoms with E-state index >= 15 is 0 Å². The van der Waals surface area contributed by atoms with Gasteiger partial charge in [-0.25, -0.2) is 0 Å². The summed E-state index contributed by atoms with van der Waals surface area (Å²) in [5, 5.41) is 0. The summed E-state index contributed by atoms with van der Waals surface area (Å²) in [7, 11) is 0. The third kappa shape index (κ3) is 4.70. The average Bonchev–Trinajstić information content (AvgIpc) is 1.97. The molecule has 1 radical (unpaired) electrons. The summed E-state index contributed by atoms with van der Waals surface area (Å²) in [4.78, 5) is 0.555. The van der Waals surface area contributed by atoms with Crippen LogP contribution in [0.2, 0.25) is 0 Å². The fourth-order valence-electron chi connectivity index (χ4n) is 0.726. The van der Waals surface area contributed by atoms with Crippen LogP contribution in [0, 0.1) is 6.07 Å². The molecule has 0 saturated heterocycles. The molecule has 0 spiro atoms. The topological polar surface area (TPSA) is 0 Å². The number of thioether (sulfide) groups is 1. The zero-order valence-electron chi connectivity index (χ0n) is 6.66. The maximum absolute atomic E-state index is 11.9. The van der Waals surface area contributed by atoms with Crippen LogP contribution in [0.15, 0.2) is 26.0 Å². The summed E-state index contributed by atoms with van der Waals surface area (Å²) in [6.45, 7) is 0. The Bertz CT molecular complexity index is 305. The standard InChI is InChI=1S/C8H4Br2F3S/c9-5-1-6(10)3-7(2-5)14-4-8(11,12)13/h2-3H,4H2. The van der Waals surface area contributed by atoms with Gasteiger partial charge in [-0.3, -0.25) is 0 Å². The Balaban J connectivity index is 2.68. The molecular formula is C8H4Br2F3S. The van der Waals surface area contributed by atoms with E-state index in [1.54, 1.807) is 12.1 Å². The highest BCUT2D eigenvalue weighted by Gasteiger charge is 2.27. The van der Waals surface area contributed by atoms with Crippen LogP contribution in [-0.4, -0.2) is 11.9 Å². The van der Waals surface area contributed by atoms with E-state index in [1.165, 1.54) is 0 Å². The molecule has 0 atom stereocenters. The Morgan fingerprint density at radius 2 is 1.71 bits per heavy atom. The zero-order valence-corrected chi connectivity index (χ0v) is 10.6. The monoisotopic (exact) mass is 347 g/mol. The van der Waals surface area contributed by atoms with Crippen molar-refractivity contribution in [1.29, 1.82) is 0 Å². The zero-order chi connectivity index (χ0) is 10.8. The minimum Gasteiger partial charge on any atom is -0.170 e. The third-order valence-electron chi connectivity index (χ3n) is 1.18. The van der Waals surface area contributed by atoms with E-state index in [9.17, 15) is 13.2 Å². The van der Waals surface area contributed by atoms with E-state index in [-0.39, 0.29) is 0 Å². The van der Waals surface area contributed by atoms with E-state index in [0.29, 0.717) is 13.8 Å². The summed E-state index contributed by atoms with van der Waals surface area (Å²) < 4.78 is 36.9. The minimum absolute atomic E-state index is 0.555. The first kappa shape index (κ1) is 12.4. The number of rotatable bonds is 2. The van der Waals surface area contributed by atoms with Gasteiger partial charge in [-0.05, 0) is 12.1 Å². The molecule has 0 aliphatic rings. The van der Waals surface area contributed by atoms with Crippen LogP contribution in [-0.2, 0) is 0 Å². The second kappa shape index (κ2) is 4.90. The van der Waals surface area contributed by atoms with Crippen LogP contribution >= 0.6 is 43.6 Å². The molecule has 1 rings (SSSR count). The smallest absolute Gasteiger partial charge is 0.170 e. The van der Waals surface area contributed by atoms with Crippen molar-refractivity contribution in [2.45, 2.75) is 11.1 Å². The lowest BCUT2D eigenvalue weighted by molar-refractivity contribution is -0.105. The van der Waals surface area contributed by atoms with Crippen molar-refractivity contribution in [3.05, 3.63) is 27.1 Å². The quantitative estimate of drug-likeness (QED) is 0.700. The van der Waals surface area contributed by atoms with Gasteiger partial charge in [0.2, 0.25) is 0 Å². The lowest BCUT2D eigenvalue weighted by atomic mass is 10.4. The minimum atomic E-state index is -4.14. The number of hydrogen-bond acceptors (Lipinski definition) is 1. The summed E-state index contributed by atoms with van der Waals surface area (Å²) in [5.74, 6) is -0.879. The molecule has 0 saturated carbocycles. The van der Waals surface area contributed by atoms with Gasteiger partial charge in [0.25, 0.3) is 0 Å². The van der Waals surface area contributed by atoms with E-state index in [2.05, 4.69) is 37.9 Å². The van der Waals surface area contributed by atoms with Gasteiger partial charge >= 0.3 is 6.18 Å². The summed E-state index contributed by atoms with van der Waals surface area (Å²) in [5.41, 5.74) is 0. The van der Waals surface area contributed by atoms with Crippen LogP contribution in [0.5, 0.6) is 0 Å².